The van der Waals surface area contributed by atoms with Crippen molar-refractivity contribution in [2.24, 2.45) is 0 Å². The Balaban J connectivity index is 1.46. The fourth-order valence-corrected chi connectivity index (χ4v) is 4.11. The zero-order chi connectivity index (χ0) is 17.9. The number of likely N-dealkylation sites (tertiary alicyclic amines) is 1. The van der Waals surface area contributed by atoms with Gasteiger partial charge in [-0.15, -0.1) is 11.3 Å². The van der Waals surface area contributed by atoms with Gasteiger partial charge in [-0.25, -0.2) is 15.0 Å². The number of hydrogen-bond acceptors (Lipinski definition) is 7. The molecule has 2 aliphatic rings. The second kappa shape index (κ2) is 5.51. The van der Waals surface area contributed by atoms with Crippen molar-refractivity contribution >= 4 is 34.2 Å². The minimum atomic E-state index is -0.0205. The van der Waals surface area contributed by atoms with Gasteiger partial charge in [0.15, 0.2) is 0 Å². The number of hydrogen-bond donors (Lipinski definition) is 1. The summed E-state index contributed by atoms with van der Waals surface area (Å²) in [5, 5.41) is 7.22. The maximum Gasteiger partial charge on any atom is 0.258 e. The minimum Gasteiger partial charge on any atom is -0.442 e. The summed E-state index contributed by atoms with van der Waals surface area (Å²) in [6, 6.07) is 0. The van der Waals surface area contributed by atoms with Gasteiger partial charge in [-0.05, 0) is 26.7 Å². The highest BCUT2D eigenvalue weighted by Gasteiger charge is 2.40. The van der Waals surface area contributed by atoms with Crippen LogP contribution in [0.2, 0.25) is 0 Å². The van der Waals surface area contributed by atoms with Crippen molar-refractivity contribution in [2.75, 3.05) is 18.4 Å². The van der Waals surface area contributed by atoms with E-state index in [2.05, 4.69) is 27.2 Å². The molecule has 4 heterocycles. The van der Waals surface area contributed by atoms with Crippen LogP contribution in [0.15, 0.2) is 22.3 Å². The summed E-state index contributed by atoms with van der Waals surface area (Å²) < 4.78 is 5.76. The molecule has 3 aromatic heterocycles. The molecule has 1 saturated heterocycles. The van der Waals surface area contributed by atoms with E-state index in [1.807, 2.05) is 23.4 Å². The lowest BCUT2D eigenvalue weighted by Crippen LogP contribution is -2.48. The molecule has 134 valence electrons. The number of aryl methyl sites for hydroxylation is 1. The quantitative estimate of drug-likeness (QED) is 0.760. The van der Waals surface area contributed by atoms with Crippen LogP contribution >= 0.6 is 11.3 Å². The highest BCUT2D eigenvalue weighted by Crippen LogP contribution is 2.41. The van der Waals surface area contributed by atoms with Crippen molar-refractivity contribution in [3.8, 4) is 0 Å². The molecule has 0 aromatic carbocycles. The largest absolute Gasteiger partial charge is 0.442 e. The molecule has 0 atom stereocenters. The molecule has 0 spiro atoms. The number of nitrogens with zero attached hydrogens (tertiary/aromatic N) is 4. The van der Waals surface area contributed by atoms with E-state index in [1.165, 1.54) is 6.33 Å². The number of carbonyl (C=O) groups is 1. The molecule has 7 nitrogen and oxygen atoms in total. The van der Waals surface area contributed by atoms with Crippen LogP contribution in [-0.4, -0.2) is 44.4 Å². The number of thiazole rings is 1. The molecule has 5 rings (SSSR count). The molecule has 1 N–H and O–H groups in total. The lowest BCUT2D eigenvalue weighted by Gasteiger charge is -2.38. The SMILES string of the molecule is Cc1oc2ncnc(NC3(C)CC3)c2c1C(=O)N1CC(c2nccs2)C1. The molecule has 1 saturated carbocycles. The summed E-state index contributed by atoms with van der Waals surface area (Å²) in [6.45, 7) is 5.35. The molecule has 0 unspecified atom stereocenters. The van der Waals surface area contributed by atoms with Crippen LogP contribution in [0, 0.1) is 6.92 Å². The standard InChI is InChI=1S/C18H19N5O2S/c1-10-12(17(24)23-7-11(8-23)16-19-5-6-26-16)13-14(22-18(2)3-4-18)20-9-21-15(13)25-10/h5-6,9,11H,3-4,7-8H2,1-2H3,(H,20,21,22). The Hall–Kier alpha value is -2.48. The average Bonchev–Trinajstić information content (AvgIpc) is 2.98. The van der Waals surface area contributed by atoms with Crippen LogP contribution in [0.4, 0.5) is 5.82 Å². The van der Waals surface area contributed by atoms with E-state index < -0.39 is 0 Å². The van der Waals surface area contributed by atoms with Crippen molar-refractivity contribution in [3.05, 3.63) is 34.2 Å². The van der Waals surface area contributed by atoms with E-state index in [1.54, 1.807) is 11.3 Å². The van der Waals surface area contributed by atoms with Crippen molar-refractivity contribution in [2.45, 2.75) is 38.1 Å². The van der Waals surface area contributed by atoms with Gasteiger partial charge in [-0.3, -0.25) is 4.79 Å². The van der Waals surface area contributed by atoms with Gasteiger partial charge in [0.1, 0.15) is 17.9 Å². The van der Waals surface area contributed by atoms with Crippen LogP contribution in [0.25, 0.3) is 11.1 Å². The molecule has 3 aromatic rings. The predicted molar refractivity (Wildman–Crippen MR) is 98.6 cm³/mol. The molecule has 1 aliphatic carbocycles. The highest BCUT2D eigenvalue weighted by molar-refractivity contribution is 7.09. The van der Waals surface area contributed by atoms with Gasteiger partial charge in [-0.1, -0.05) is 0 Å². The zero-order valence-electron chi connectivity index (χ0n) is 14.7. The zero-order valence-corrected chi connectivity index (χ0v) is 15.5. The van der Waals surface area contributed by atoms with Crippen LogP contribution in [0.3, 0.4) is 0 Å². The predicted octanol–water partition coefficient (Wildman–Crippen LogP) is 3.19. The first-order valence-electron chi connectivity index (χ1n) is 8.75. The normalized spacial score (nSPS) is 18.8. The van der Waals surface area contributed by atoms with Crippen LogP contribution < -0.4 is 5.32 Å². The van der Waals surface area contributed by atoms with E-state index in [9.17, 15) is 4.79 Å². The third-order valence-electron chi connectivity index (χ3n) is 5.27. The van der Waals surface area contributed by atoms with Gasteiger partial charge >= 0.3 is 0 Å². The molecular weight excluding hydrogens is 350 g/mol. The van der Waals surface area contributed by atoms with E-state index in [-0.39, 0.29) is 11.4 Å². The van der Waals surface area contributed by atoms with E-state index in [0.29, 0.717) is 47.2 Å². The molecule has 1 amide bonds. The Morgan fingerprint density at radius 1 is 1.35 bits per heavy atom. The minimum absolute atomic E-state index is 0.0205. The second-order valence-electron chi connectivity index (χ2n) is 7.40. The molecule has 1 aliphatic heterocycles. The monoisotopic (exact) mass is 369 g/mol. The van der Waals surface area contributed by atoms with Gasteiger partial charge in [0.25, 0.3) is 5.91 Å². The van der Waals surface area contributed by atoms with Crippen molar-refractivity contribution in [1.29, 1.82) is 0 Å². The second-order valence-corrected chi connectivity index (χ2v) is 8.32. The Morgan fingerprint density at radius 3 is 2.85 bits per heavy atom. The Labute approximate surface area is 154 Å². The third-order valence-corrected chi connectivity index (χ3v) is 6.21. The molecule has 2 fully saturated rings. The van der Waals surface area contributed by atoms with Gasteiger partial charge < -0.3 is 14.6 Å². The lowest BCUT2D eigenvalue weighted by atomic mass is 9.99. The summed E-state index contributed by atoms with van der Waals surface area (Å²) in [6.07, 6.45) is 5.49. The summed E-state index contributed by atoms with van der Waals surface area (Å²) >= 11 is 1.64. The summed E-state index contributed by atoms with van der Waals surface area (Å²) in [7, 11) is 0. The topological polar surface area (TPSA) is 84.2 Å². The first-order valence-corrected chi connectivity index (χ1v) is 9.63. The maximum absolute atomic E-state index is 13.1. The number of furan rings is 1. The highest BCUT2D eigenvalue weighted by atomic mass is 32.1. The van der Waals surface area contributed by atoms with Crippen LogP contribution in [-0.2, 0) is 0 Å². The molecule has 26 heavy (non-hydrogen) atoms. The number of aromatic nitrogens is 3. The number of nitrogens with one attached hydrogen (secondary N) is 1. The fraction of sp³-hybridized carbons (Fsp3) is 0.444. The number of rotatable bonds is 4. The van der Waals surface area contributed by atoms with Crippen molar-refractivity contribution in [1.82, 2.24) is 19.9 Å². The maximum atomic E-state index is 13.1. The molecule has 8 heteroatoms. The van der Waals surface area contributed by atoms with Gasteiger partial charge in [0.2, 0.25) is 5.71 Å². The Bertz CT molecular complexity index is 987. The fourth-order valence-electron chi connectivity index (χ4n) is 3.39. The number of carbonyl (C=O) groups excluding carboxylic acids is 1. The first kappa shape index (κ1) is 15.7. The van der Waals surface area contributed by atoms with Gasteiger partial charge in [0, 0.05) is 36.1 Å². The number of fused-ring (bicyclic) bond motifs is 1. The summed E-state index contributed by atoms with van der Waals surface area (Å²) in [5.74, 6) is 1.59. The lowest BCUT2D eigenvalue weighted by molar-refractivity contribution is 0.0602. The van der Waals surface area contributed by atoms with Crippen molar-refractivity contribution < 1.29 is 9.21 Å². The van der Waals surface area contributed by atoms with Gasteiger partial charge in [0.05, 0.1) is 16.0 Å². The number of amides is 1. The number of anilines is 1. The van der Waals surface area contributed by atoms with Crippen LogP contribution in [0.1, 0.15) is 46.8 Å². The van der Waals surface area contributed by atoms with E-state index in [4.69, 9.17) is 4.42 Å². The first-order chi connectivity index (χ1) is 12.5. The van der Waals surface area contributed by atoms with Crippen LogP contribution in [0.5, 0.6) is 0 Å². The van der Waals surface area contributed by atoms with Gasteiger partial charge in [-0.2, -0.15) is 0 Å². The Kier molecular flexibility index (Phi) is 3.34. The smallest absolute Gasteiger partial charge is 0.258 e. The average molecular weight is 369 g/mol. The summed E-state index contributed by atoms with van der Waals surface area (Å²) in [5.41, 5.74) is 1.09. The Morgan fingerprint density at radius 2 is 2.15 bits per heavy atom. The van der Waals surface area contributed by atoms with Crippen molar-refractivity contribution in [3.63, 3.8) is 0 Å². The third kappa shape index (κ3) is 2.47. The van der Waals surface area contributed by atoms with E-state index >= 15 is 0 Å². The molecule has 0 radical (unpaired) electrons. The molecule has 0 bridgehead atoms. The molecular formula is C18H19N5O2S. The van der Waals surface area contributed by atoms with E-state index in [0.717, 1.165) is 17.8 Å². The summed E-state index contributed by atoms with van der Waals surface area (Å²) in [4.78, 5) is 27.9.